The summed E-state index contributed by atoms with van der Waals surface area (Å²) in [5, 5.41) is 18.0. The SMILES string of the molecule is CNc1nc(NCC2CCN(C)CC2(F)F)nn2ccc(-c3ccc4nnn(CC(F)F)c4n3)c12. The number of halogens is 4. The molecule has 0 radical (unpaired) electrons. The molecule has 1 fully saturated rings. The van der Waals surface area contributed by atoms with Crippen LogP contribution in [0.15, 0.2) is 24.4 Å². The molecule has 0 bridgehead atoms. The van der Waals surface area contributed by atoms with E-state index in [1.807, 2.05) is 0 Å². The van der Waals surface area contributed by atoms with Crippen molar-refractivity contribution in [2.45, 2.75) is 25.3 Å². The molecule has 0 saturated carbocycles. The first-order valence-electron chi connectivity index (χ1n) is 11.1. The molecule has 5 rings (SSSR count). The van der Waals surface area contributed by atoms with Crippen molar-refractivity contribution in [2.75, 3.05) is 44.4 Å². The molecule has 14 heteroatoms. The molecule has 186 valence electrons. The molecule has 10 nitrogen and oxygen atoms in total. The van der Waals surface area contributed by atoms with Crippen LogP contribution in [0.2, 0.25) is 0 Å². The van der Waals surface area contributed by atoms with Gasteiger partial charge in [0.15, 0.2) is 11.5 Å². The van der Waals surface area contributed by atoms with E-state index in [1.54, 1.807) is 47.9 Å². The lowest BCUT2D eigenvalue weighted by molar-refractivity contribution is -0.100. The molecule has 4 aromatic heterocycles. The van der Waals surface area contributed by atoms with Crippen LogP contribution in [-0.4, -0.2) is 85.6 Å². The Kier molecular flexibility index (Phi) is 5.91. The third kappa shape index (κ3) is 4.45. The second-order valence-corrected chi connectivity index (χ2v) is 8.62. The summed E-state index contributed by atoms with van der Waals surface area (Å²) < 4.78 is 57.2. The van der Waals surface area contributed by atoms with Crippen molar-refractivity contribution in [3.05, 3.63) is 24.4 Å². The smallest absolute Gasteiger partial charge is 0.265 e. The van der Waals surface area contributed by atoms with E-state index in [9.17, 15) is 17.6 Å². The summed E-state index contributed by atoms with van der Waals surface area (Å²) in [6.45, 7) is -0.235. The number of nitrogens with zero attached hydrogens (tertiary/aromatic N) is 8. The number of aromatic nitrogens is 7. The summed E-state index contributed by atoms with van der Waals surface area (Å²) in [6.07, 6.45) is -0.523. The largest absolute Gasteiger partial charge is 0.371 e. The molecule has 1 unspecified atom stereocenters. The van der Waals surface area contributed by atoms with Crippen LogP contribution >= 0.6 is 0 Å². The number of piperidine rings is 1. The topological polar surface area (TPSA) is 101 Å². The minimum atomic E-state index is -2.80. The van der Waals surface area contributed by atoms with Gasteiger partial charge >= 0.3 is 0 Å². The summed E-state index contributed by atoms with van der Waals surface area (Å²) in [7, 11) is 3.37. The molecule has 0 aliphatic carbocycles. The Morgan fingerprint density at radius 1 is 1.20 bits per heavy atom. The van der Waals surface area contributed by atoms with Crippen LogP contribution in [0, 0.1) is 5.92 Å². The maximum Gasteiger partial charge on any atom is 0.265 e. The number of rotatable bonds is 7. The Morgan fingerprint density at radius 3 is 2.77 bits per heavy atom. The first kappa shape index (κ1) is 23.2. The van der Waals surface area contributed by atoms with Crippen molar-refractivity contribution in [2.24, 2.45) is 5.92 Å². The Bertz CT molecular complexity index is 1350. The molecular formula is C21H24F4N10. The van der Waals surface area contributed by atoms with E-state index >= 15 is 0 Å². The number of anilines is 2. The fraction of sp³-hybridized carbons (Fsp3) is 0.476. The van der Waals surface area contributed by atoms with Crippen molar-refractivity contribution >= 4 is 28.4 Å². The lowest BCUT2D eigenvalue weighted by Crippen LogP contribution is -2.49. The third-order valence-corrected chi connectivity index (χ3v) is 6.14. The van der Waals surface area contributed by atoms with E-state index in [2.05, 4.69) is 36.0 Å². The average molecular weight is 492 g/mol. The van der Waals surface area contributed by atoms with Crippen LogP contribution < -0.4 is 10.6 Å². The van der Waals surface area contributed by atoms with Crippen LogP contribution in [0.1, 0.15) is 6.42 Å². The number of fused-ring (bicyclic) bond motifs is 2. The van der Waals surface area contributed by atoms with Gasteiger partial charge in [-0.05, 0) is 38.2 Å². The van der Waals surface area contributed by atoms with Crippen molar-refractivity contribution in [3.8, 4) is 11.3 Å². The second-order valence-electron chi connectivity index (χ2n) is 8.62. The van der Waals surface area contributed by atoms with Gasteiger partial charge in [-0.15, -0.1) is 10.2 Å². The molecule has 1 aliphatic heterocycles. The molecule has 5 heterocycles. The highest BCUT2D eigenvalue weighted by molar-refractivity contribution is 5.89. The first-order valence-corrected chi connectivity index (χ1v) is 11.1. The van der Waals surface area contributed by atoms with Gasteiger partial charge in [-0.25, -0.2) is 31.7 Å². The molecule has 2 N–H and O–H groups in total. The number of nitrogens with one attached hydrogen (secondary N) is 2. The minimum Gasteiger partial charge on any atom is -0.371 e. The van der Waals surface area contributed by atoms with Crippen molar-refractivity contribution in [1.82, 2.24) is 39.5 Å². The highest BCUT2D eigenvalue weighted by Gasteiger charge is 2.43. The van der Waals surface area contributed by atoms with Crippen LogP contribution in [0.25, 0.3) is 27.9 Å². The zero-order valence-corrected chi connectivity index (χ0v) is 19.1. The molecular weight excluding hydrogens is 468 g/mol. The van der Waals surface area contributed by atoms with Crippen molar-refractivity contribution < 1.29 is 17.6 Å². The molecule has 1 aliphatic rings. The summed E-state index contributed by atoms with van der Waals surface area (Å²) in [4.78, 5) is 10.6. The summed E-state index contributed by atoms with van der Waals surface area (Å²) in [6, 6.07) is 5.15. The van der Waals surface area contributed by atoms with E-state index in [-0.39, 0.29) is 24.7 Å². The lowest BCUT2D eigenvalue weighted by Gasteiger charge is -2.36. The van der Waals surface area contributed by atoms with Gasteiger partial charge in [-0.2, -0.15) is 4.98 Å². The normalized spacial score (nSPS) is 18.5. The van der Waals surface area contributed by atoms with E-state index in [1.165, 1.54) is 0 Å². The zero-order valence-electron chi connectivity index (χ0n) is 19.1. The molecule has 0 amide bonds. The Morgan fingerprint density at radius 2 is 2.03 bits per heavy atom. The van der Waals surface area contributed by atoms with Crippen LogP contribution in [-0.2, 0) is 6.54 Å². The van der Waals surface area contributed by atoms with Gasteiger partial charge in [0.1, 0.15) is 17.6 Å². The summed E-state index contributed by atoms with van der Waals surface area (Å²) in [5.74, 6) is -2.95. The van der Waals surface area contributed by atoms with Gasteiger partial charge in [0.25, 0.3) is 12.3 Å². The fourth-order valence-electron chi connectivity index (χ4n) is 4.36. The van der Waals surface area contributed by atoms with Crippen LogP contribution in [0.4, 0.5) is 29.3 Å². The number of likely N-dealkylation sites (tertiary alicyclic amines) is 1. The van der Waals surface area contributed by atoms with Gasteiger partial charge in [-0.1, -0.05) is 5.21 Å². The highest BCUT2D eigenvalue weighted by Crippen LogP contribution is 2.33. The summed E-state index contributed by atoms with van der Waals surface area (Å²) >= 11 is 0. The van der Waals surface area contributed by atoms with Crippen LogP contribution in [0.5, 0.6) is 0 Å². The molecule has 1 saturated heterocycles. The number of hydrogen-bond acceptors (Lipinski definition) is 8. The molecule has 0 aromatic carbocycles. The number of pyridine rings is 1. The zero-order chi connectivity index (χ0) is 24.7. The molecule has 0 spiro atoms. The van der Waals surface area contributed by atoms with Crippen molar-refractivity contribution in [1.29, 1.82) is 0 Å². The van der Waals surface area contributed by atoms with Gasteiger partial charge in [0, 0.05) is 31.3 Å². The third-order valence-electron chi connectivity index (χ3n) is 6.14. The monoisotopic (exact) mass is 492 g/mol. The lowest BCUT2D eigenvalue weighted by atomic mass is 9.93. The summed E-state index contributed by atoms with van der Waals surface area (Å²) in [5.41, 5.74) is 2.41. The highest BCUT2D eigenvalue weighted by atomic mass is 19.3. The fourth-order valence-corrected chi connectivity index (χ4v) is 4.36. The quantitative estimate of drug-likeness (QED) is 0.380. The van der Waals surface area contributed by atoms with E-state index in [4.69, 9.17) is 0 Å². The number of hydrogen-bond donors (Lipinski definition) is 2. The van der Waals surface area contributed by atoms with E-state index in [0.717, 1.165) is 4.68 Å². The minimum absolute atomic E-state index is 0.0446. The maximum absolute atomic E-state index is 14.4. The molecule has 35 heavy (non-hydrogen) atoms. The molecule has 1 atom stereocenters. The maximum atomic E-state index is 14.4. The Balaban J connectivity index is 1.45. The predicted octanol–water partition coefficient (Wildman–Crippen LogP) is 2.84. The number of alkyl halides is 4. The second kappa shape index (κ2) is 8.91. The van der Waals surface area contributed by atoms with Gasteiger partial charge in [0.2, 0.25) is 5.95 Å². The van der Waals surface area contributed by atoms with Gasteiger partial charge in [0.05, 0.1) is 12.2 Å². The van der Waals surface area contributed by atoms with Gasteiger partial charge in [-0.3, -0.25) is 0 Å². The van der Waals surface area contributed by atoms with Gasteiger partial charge < -0.3 is 15.5 Å². The Hall–Kier alpha value is -3.55. The first-order chi connectivity index (χ1) is 16.7. The van der Waals surface area contributed by atoms with Crippen LogP contribution in [0.3, 0.4) is 0 Å². The molecule has 4 aromatic rings. The Labute approximate surface area is 197 Å². The standard InChI is InChI=1S/C21H24F4N10/c1-26-18-17-13(14-3-4-15-19(28-14)35(32-30-15)10-16(22)23)6-8-34(17)31-20(29-18)27-9-12-5-7-33(2)11-21(12,24)25/h3-4,6,8,12,16H,5,7,9-11H2,1-2H3,(H2,26,27,29,31). The van der Waals surface area contributed by atoms with Crippen molar-refractivity contribution in [3.63, 3.8) is 0 Å². The van der Waals surface area contributed by atoms with E-state index in [0.29, 0.717) is 41.1 Å². The van der Waals surface area contributed by atoms with E-state index < -0.39 is 24.8 Å². The predicted molar refractivity (Wildman–Crippen MR) is 122 cm³/mol. The average Bonchev–Trinajstić information content (AvgIpc) is 3.41.